The molecule has 1 aromatic heterocycles. The highest BCUT2D eigenvalue weighted by atomic mass is 16.5. The third-order valence-electron chi connectivity index (χ3n) is 2.86. The molecule has 0 saturated carbocycles. The number of aliphatic hydroxyl groups excluding tert-OH is 1. The Balaban J connectivity index is 3.04. The molecule has 0 radical (unpaired) electrons. The lowest BCUT2D eigenvalue weighted by Crippen LogP contribution is -2.31. The van der Waals surface area contributed by atoms with E-state index in [2.05, 4.69) is 29.1 Å². The normalized spacial score (nSPS) is 10.9. The number of nitrogens with one attached hydrogen (secondary N) is 1. The maximum atomic E-state index is 9.21. The van der Waals surface area contributed by atoms with Gasteiger partial charge in [-0.05, 0) is 6.92 Å². The molecule has 6 nitrogen and oxygen atoms in total. The molecule has 1 aromatic rings. The average Bonchev–Trinajstić information content (AvgIpc) is 2.43. The lowest BCUT2D eigenvalue weighted by atomic mass is 10.2. The van der Waals surface area contributed by atoms with Crippen LogP contribution in [0.1, 0.15) is 32.5 Å². The minimum absolute atomic E-state index is 0.0846. The van der Waals surface area contributed by atoms with Crippen molar-refractivity contribution in [1.29, 1.82) is 0 Å². The van der Waals surface area contributed by atoms with Crippen molar-refractivity contribution in [3.63, 3.8) is 0 Å². The molecule has 0 saturated heterocycles. The first-order valence-electron chi connectivity index (χ1n) is 7.10. The molecule has 0 fully saturated rings. The number of rotatable bonds is 9. The van der Waals surface area contributed by atoms with Gasteiger partial charge in [-0.2, -0.15) is 0 Å². The summed E-state index contributed by atoms with van der Waals surface area (Å²) in [5.41, 5.74) is 0. The first kappa shape index (κ1) is 16.7. The third kappa shape index (κ3) is 4.94. The number of nitrogens with zero attached hydrogens (tertiary/aromatic N) is 3. The molecule has 1 rings (SSSR count). The Morgan fingerprint density at radius 3 is 2.65 bits per heavy atom. The van der Waals surface area contributed by atoms with Crippen LogP contribution in [-0.2, 0) is 4.74 Å². The molecule has 0 spiro atoms. The molecule has 2 N–H and O–H groups in total. The second-order valence-electron chi connectivity index (χ2n) is 4.86. The van der Waals surface area contributed by atoms with Crippen molar-refractivity contribution in [3.8, 4) is 0 Å². The van der Waals surface area contributed by atoms with Crippen LogP contribution in [-0.4, -0.2) is 55.0 Å². The van der Waals surface area contributed by atoms with Crippen LogP contribution in [0.2, 0.25) is 0 Å². The Kier molecular flexibility index (Phi) is 7.25. The van der Waals surface area contributed by atoms with Crippen molar-refractivity contribution in [2.75, 3.05) is 50.2 Å². The number of hydrogen-bond acceptors (Lipinski definition) is 6. The molecule has 6 heteroatoms. The van der Waals surface area contributed by atoms with Crippen LogP contribution in [0.15, 0.2) is 6.07 Å². The second kappa shape index (κ2) is 8.71. The van der Waals surface area contributed by atoms with Gasteiger partial charge in [0.2, 0.25) is 0 Å². The Morgan fingerprint density at radius 2 is 2.10 bits per heavy atom. The summed E-state index contributed by atoms with van der Waals surface area (Å²) in [5, 5.41) is 12.4. The fraction of sp³-hybridized carbons (Fsp3) is 0.714. The van der Waals surface area contributed by atoms with Gasteiger partial charge in [0.25, 0.3) is 0 Å². The zero-order valence-electron chi connectivity index (χ0n) is 12.9. The van der Waals surface area contributed by atoms with E-state index in [0.717, 1.165) is 24.0 Å². The second-order valence-corrected chi connectivity index (χ2v) is 4.86. The van der Waals surface area contributed by atoms with Gasteiger partial charge in [-0.15, -0.1) is 0 Å². The number of anilines is 2. The van der Waals surface area contributed by atoms with Gasteiger partial charge in [0, 0.05) is 38.7 Å². The van der Waals surface area contributed by atoms with E-state index in [-0.39, 0.29) is 12.5 Å². The standard InChI is InChI=1S/C14H26N4O2/c1-5-15-12-10-13(17-14(16-12)11(2)3)18(6-8-19)7-9-20-4/h10-11,19H,5-9H2,1-4H3,(H,15,16,17). The van der Waals surface area contributed by atoms with Crippen molar-refractivity contribution in [2.24, 2.45) is 0 Å². The van der Waals surface area contributed by atoms with Crippen molar-refractivity contribution < 1.29 is 9.84 Å². The van der Waals surface area contributed by atoms with E-state index in [4.69, 9.17) is 4.74 Å². The minimum atomic E-state index is 0.0846. The topological polar surface area (TPSA) is 70.5 Å². The van der Waals surface area contributed by atoms with Crippen molar-refractivity contribution >= 4 is 11.6 Å². The molecule has 0 aliphatic heterocycles. The minimum Gasteiger partial charge on any atom is -0.395 e. The van der Waals surface area contributed by atoms with Crippen molar-refractivity contribution in [1.82, 2.24) is 9.97 Å². The maximum absolute atomic E-state index is 9.21. The smallest absolute Gasteiger partial charge is 0.135 e. The molecule has 0 aliphatic carbocycles. The molecular formula is C14H26N4O2. The molecule has 20 heavy (non-hydrogen) atoms. The van der Waals surface area contributed by atoms with Crippen molar-refractivity contribution in [3.05, 3.63) is 11.9 Å². The zero-order chi connectivity index (χ0) is 15.0. The highest BCUT2D eigenvalue weighted by Gasteiger charge is 2.13. The summed E-state index contributed by atoms with van der Waals surface area (Å²) in [4.78, 5) is 11.1. The van der Waals surface area contributed by atoms with Crippen LogP contribution in [0.4, 0.5) is 11.6 Å². The van der Waals surface area contributed by atoms with E-state index in [9.17, 15) is 5.11 Å². The molecule has 1 heterocycles. The summed E-state index contributed by atoms with van der Waals surface area (Å²) in [6.07, 6.45) is 0. The SMILES string of the molecule is CCNc1cc(N(CCO)CCOC)nc(C(C)C)n1. The van der Waals surface area contributed by atoms with Crippen LogP contribution < -0.4 is 10.2 Å². The summed E-state index contributed by atoms with van der Waals surface area (Å²) < 4.78 is 5.11. The van der Waals surface area contributed by atoms with Crippen LogP contribution in [0.3, 0.4) is 0 Å². The first-order valence-corrected chi connectivity index (χ1v) is 7.10. The summed E-state index contributed by atoms with van der Waals surface area (Å²) >= 11 is 0. The van der Waals surface area contributed by atoms with Gasteiger partial charge in [0.05, 0.1) is 13.2 Å². The lowest BCUT2D eigenvalue weighted by molar-refractivity contribution is 0.202. The van der Waals surface area contributed by atoms with Crippen LogP contribution in [0, 0.1) is 0 Å². The van der Waals surface area contributed by atoms with E-state index < -0.39 is 0 Å². The van der Waals surface area contributed by atoms with Crippen LogP contribution >= 0.6 is 0 Å². The monoisotopic (exact) mass is 282 g/mol. The molecule has 0 unspecified atom stereocenters. The quantitative estimate of drug-likeness (QED) is 0.715. The van der Waals surface area contributed by atoms with Gasteiger partial charge < -0.3 is 20.1 Å². The van der Waals surface area contributed by atoms with Gasteiger partial charge in [-0.25, -0.2) is 9.97 Å². The number of methoxy groups -OCH3 is 1. The van der Waals surface area contributed by atoms with Gasteiger partial charge in [-0.1, -0.05) is 13.8 Å². The fourth-order valence-electron chi connectivity index (χ4n) is 1.81. The molecule has 0 bridgehead atoms. The Labute approximate surface area is 121 Å². The van der Waals surface area contributed by atoms with E-state index in [1.54, 1.807) is 7.11 Å². The highest BCUT2D eigenvalue weighted by Crippen LogP contribution is 2.19. The van der Waals surface area contributed by atoms with E-state index in [1.807, 2.05) is 17.9 Å². The summed E-state index contributed by atoms with van der Waals surface area (Å²) in [6, 6.07) is 1.92. The summed E-state index contributed by atoms with van der Waals surface area (Å²) in [7, 11) is 1.67. The molecular weight excluding hydrogens is 256 g/mol. The predicted molar refractivity (Wildman–Crippen MR) is 81.5 cm³/mol. The van der Waals surface area contributed by atoms with E-state index in [1.165, 1.54) is 0 Å². The van der Waals surface area contributed by atoms with Gasteiger partial charge in [-0.3, -0.25) is 0 Å². The first-order chi connectivity index (χ1) is 9.62. The molecule has 114 valence electrons. The van der Waals surface area contributed by atoms with E-state index in [0.29, 0.717) is 19.7 Å². The highest BCUT2D eigenvalue weighted by molar-refractivity contribution is 5.49. The van der Waals surface area contributed by atoms with Gasteiger partial charge >= 0.3 is 0 Å². The lowest BCUT2D eigenvalue weighted by Gasteiger charge is -2.24. The number of aliphatic hydroxyl groups is 1. The van der Waals surface area contributed by atoms with E-state index >= 15 is 0 Å². The molecule has 0 amide bonds. The fourth-order valence-corrected chi connectivity index (χ4v) is 1.81. The Bertz CT molecular complexity index is 399. The summed E-state index contributed by atoms with van der Waals surface area (Å²) in [6.45, 7) is 8.89. The number of hydrogen-bond donors (Lipinski definition) is 2. The molecule has 0 aliphatic rings. The van der Waals surface area contributed by atoms with Crippen LogP contribution in [0.25, 0.3) is 0 Å². The zero-order valence-corrected chi connectivity index (χ0v) is 12.9. The van der Waals surface area contributed by atoms with Gasteiger partial charge in [0.1, 0.15) is 17.5 Å². The molecule has 0 atom stereocenters. The van der Waals surface area contributed by atoms with Gasteiger partial charge in [0.15, 0.2) is 0 Å². The maximum Gasteiger partial charge on any atom is 0.135 e. The van der Waals surface area contributed by atoms with Crippen molar-refractivity contribution in [2.45, 2.75) is 26.7 Å². The third-order valence-corrected chi connectivity index (χ3v) is 2.86. The molecule has 0 aromatic carbocycles. The number of ether oxygens (including phenoxy) is 1. The average molecular weight is 282 g/mol. The Hall–Kier alpha value is -1.40. The largest absolute Gasteiger partial charge is 0.395 e. The number of aromatic nitrogens is 2. The Morgan fingerprint density at radius 1 is 1.35 bits per heavy atom. The summed E-state index contributed by atoms with van der Waals surface area (Å²) in [5.74, 6) is 2.71. The van der Waals surface area contributed by atoms with Crippen LogP contribution in [0.5, 0.6) is 0 Å². The predicted octanol–water partition coefficient (Wildman–Crippen LogP) is 1.48.